The van der Waals surface area contributed by atoms with Crippen molar-refractivity contribution in [3.05, 3.63) is 98.3 Å². The molecule has 0 saturated carbocycles. The van der Waals surface area contributed by atoms with E-state index in [2.05, 4.69) is 17.1 Å². The highest BCUT2D eigenvalue weighted by Gasteiger charge is 2.18. The molecule has 5 aromatic rings. The van der Waals surface area contributed by atoms with Crippen LogP contribution in [0.3, 0.4) is 0 Å². The van der Waals surface area contributed by atoms with Gasteiger partial charge in [-0.25, -0.2) is 4.57 Å². The lowest BCUT2D eigenvalue weighted by Gasteiger charge is -2.12. The highest BCUT2D eigenvalue weighted by molar-refractivity contribution is 7.98. The van der Waals surface area contributed by atoms with Gasteiger partial charge in [-0.3, -0.25) is 9.20 Å². The molecule has 0 bridgehead atoms. The Morgan fingerprint density at radius 1 is 0.969 bits per heavy atom. The lowest BCUT2D eigenvalue weighted by molar-refractivity contribution is 0.930. The molecule has 0 unspecified atom stereocenters. The van der Waals surface area contributed by atoms with Crippen molar-refractivity contribution < 1.29 is 0 Å². The molecule has 0 aliphatic rings. The standard InChI is InChI=1S/C24H18Cl2N4OS/c1-2-15-7-11-18(12-8-15)29-22(31)19-5-3-4-6-21(19)30-23(29)27-28-24(30)32-14-16-9-10-17(25)13-20(16)26/h3-13H,2,14H2,1H3. The summed E-state index contributed by atoms with van der Waals surface area (Å²) in [6, 6.07) is 20.9. The van der Waals surface area contributed by atoms with Crippen molar-refractivity contribution in [3.63, 3.8) is 0 Å². The fourth-order valence-corrected chi connectivity index (χ4v) is 5.17. The van der Waals surface area contributed by atoms with E-state index in [0.29, 0.717) is 32.1 Å². The number of para-hydroxylation sites is 1. The van der Waals surface area contributed by atoms with Crippen LogP contribution in [0.4, 0.5) is 0 Å². The Bertz CT molecular complexity index is 1510. The molecule has 0 saturated heterocycles. The number of hydrogen-bond donors (Lipinski definition) is 0. The normalized spacial score (nSPS) is 11.5. The molecule has 8 heteroatoms. The average molecular weight is 481 g/mol. The van der Waals surface area contributed by atoms with E-state index >= 15 is 0 Å². The van der Waals surface area contributed by atoms with Crippen LogP contribution in [-0.4, -0.2) is 19.2 Å². The lowest BCUT2D eigenvalue weighted by Crippen LogP contribution is -2.21. The topological polar surface area (TPSA) is 52.2 Å². The van der Waals surface area contributed by atoms with Gasteiger partial charge in [0.25, 0.3) is 5.56 Å². The summed E-state index contributed by atoms with van der Waals surface area (Å²) in [6.45, 7) is 2.10. The first-order chi connectivity index (χ1) is 15.6. The Morgan fingerprint density at radius 2 is 1.75 bits per heavy atom. The Kier molecular flexibility index (Phi) is 5.67. The second-order valence-corrected chi connectivity index (χ2v) is 9.11. The minimum Gasteiger partial charge on any atom is -0.268 e. The largest absolute Gasteiger partial charge is 0.268 e. The van der Waals surface area contributed by atoms with Gasteiger partial charge in [-0.2, -0.15) is 0 Å². The van der Waals surface area contributed by atoms with Crippen molar-refractivity contribution in [3.8, 4) is 5.69 Å². The van der Waals surface area contributed by atoms with Crippen LogP contribution in [0.2, 0.25) is 10.0 Å². The van der Waals surface area contributed by atoms with Crippen LogP contribution < -0.4 is 5.56 Å². The summed E-state index contributed by atoms with van der Waals surface area (Å²) in [6.07, 6.45) is 0.932. The maximum Gasteiger partial charge on any atom is 0.267 e. The summed E-state index contributed by atoms with van der Waals surface area (Å²) in [5.41, 5.74) is 3.56. The third kappa shape index (κ3) is 3.68. The van der Waals surface area contributed by atoms with Crippen molar-refractivity contribution >= 4 is 51.6 Å². The molecule has 0 spiro atoms. The number of thioether (sulfide) groups is 1. The minimum atomic E-state index is -0.123. The Hall–Kier alpha value is -2.80. The maximum atomic E-state index is 13.4. The number of halogens is 2. The zero-order valence-corrected chi connectivity index (χ0v) is 19.5. The molecule has 0 aliphatic heterocycles. The third-order valence-corrected chi connectivity index (χ3v) is 6.93. The zero-order valence-electron chi connectivity index (χ0n) is 17.1. The van der Waals surface area contributed by atoms with Gasteiger partial charge in [-0.15, -0.1) is 10.2 Å². The van der Waals surface area contributed by atoms with E-state index in [9.17, 15) is 4.79 Å². The van der Waals surface area contributed by atoms with Crippen molar-refractivity contribution in [2.24, 2.45) is 0 Å². The van der Waals surface area contributed by atoms with Crippen LogP contribution in [0.15, 0.2) is 76.7 Å². The number of aryl methyl sites for hydroxylation is 1. The van der Waals surface area contributed by atoms with E-state index in [1.54, 1.807) is 10.6 Å². The summed E-state index contributed by atoms with van der Waals surface area (Å²) in [7, 11) is 0. The van der Waals surface area contributed by atoms with Crippen molar-refractivity contribution in [2.45, 2.75) is 24.3 Å². The number of nitrogens with zero attached hydrogens (tertiary/aromatic N) is 4. The maximum absolute atomic E-state index is 13.4. The quantitative estimate of drug-likeness (QED) is 0.281. The molecule has 0 N–H and O–H groups in total. The second-order valence-electron chi connectivity index (χ2n) is 7.32. The Morgan fingerprint density at radius 3 is 2.50 bits per heavy atom. The van der Waals surface area contributed by atoms with Gasteiger partial charge in [0.2, 0.25) is 5.78 Å². The highest BCUT2D eigenvalue weighted by Crippen LogP contribution is 2.29. The Balaban J connectivity index is 1.67. The second kappa shape index (κ2) is 8.62. The third-order valence-electron chi connectivity index (χ3n) is 5.37. The molecule has 0 fully saturated rings. The molecular formula is C24H18Cl2N4OS. The van der Waals surface area contributed by atoms with Crippen LogP contribution >= 0.6 is 35.0 Å². The van der Waals surface area contributed by atoms with Crippen molar-refractivity contribution in [2.75, 3.05) is 0 Å². The molecule has 5 rings (SSSR count). The number of fused-ring (bicyclic) bond motifs is 3. The molecular weight excluding hydrogens is 463 g/mol. The first-order valence-electron chi connectivity index (χ1n) is 10.1. The predicted molar refractivity (Wildman–Crippen MR) is 131 cm³/mol. The van der Waals surface area contributed by atoms with Crippen LogP contribution in [0.25, 0.3) is 22.4 Å². The van der Waals surface area contributed by atoms with Gasteiger partial charge in [0.15, 0.2) is 5.16 Å². The first-order valence-corrected chi connectivity index (χ1v) is 11.9. The van der Waals surface area contributed by atoms with Gasteiger partial charge in [-0.1, -0.05) is 72.2 Å². The SMILES string of the molecule is CCc1ccc(-n2c(=O)c3ccccc3n3c(SCc4ccc(Cl)cc4Cl)nnc23)cc1. The molecule has 0 radical (unpaired) electrons. The summed E-state index contributed by atoms with van der Waals surface area (Å²) in [5, 5.41) is 11.3. The fraction of sp³-hybridized carbons (Fsp3) is 0.125. The van der Waals surface area contributed by atoms with Crippen LogP contribution in [-0.2, 0) is 12.2 Å². The van der Waals surface area contributed by atoms with E-state index in [4.69, 9.17) is 23.2 Å². The first kappa shape index (κ1) is 21.1. The Labute approximate surface area is 198 Å². The number of rotatable bonds is 5. The highest BCUT2D eigenvalue weighted by atomic mass is 35.5. The van der Waals surface area contributed by atoms with Gasteiger partial charge in [0, 0.05) is 15.8 Å². The van der Waals surface area contributed by atoms with Crippen LogP contribution in [0.1, 0.15) is 18.1 Å². The minimum absolute atomic E-state index is 0.123. The van der Waals surface area contributed by atoms with E-state index in [1.807, 2.05) is 65.1 Å². The van der Waals surface area contributed by atoms with Gasteiger partial charge < -0.3 is 0 Å². The summed E-state index contributed by atoms with van der Waals surface area (Å²) < 4.78 is 3.55. The van der Waals surface area contributed by atoms with Crippen molar-refractivity contribution in [1.29, 1.82) is 0 Å². The monoisotopic (exact) mass is 480 g/mol. The smallest absolute Gasteiger partial charge is 0.267 e. The summed E-state index contributed by atoms with van der Waals surface area (Å²) in [4.78, 5) is 13.4. The molecule has 3 aromatic carbocycles. The van der Waals surface area contributed by atoms with E-state index < -0.39 is 0 Å². The average Bonchev–Trinajstić information content (AvgIpc) is 3.23. The van der Waals surface area contributed by atoms with Crippen molar-refractivity contribution in [1.82, 2.24) is 19.2 Å². The molecule has 2 heterocycles. The predicted octanol–water partition coefficient (Wildman–Crippen LogP) is 6.19. The van der Waals surface area contributed by atoms with Gasteiger partial charge >= 0.3 is 0 Å². The van der Waals surface area contributed by atoms with E-state index in [0.717, 1.165) is 23.2 Å². The van der Waals surface area contributed by atoms with E-state index in [1.165, 1.54) is 17.3 Å². The number of hydrogen-bond acceptors (Lipinski definition) is 4. The molecule has 2 aromatic heterocycles. The zero-order chi connectivity index (χ0) is 22.2. The molecule has 0 aliphatic carbocycles. The molecule has 0 amide bonds. The van der Waals surface area contributed by atoms with Gasteiger partial charge in [-0.05, 0) is 53.9 Å². The summed E-state index contributed by atoms with van der Waals surface area (Å²) >= 11 is 13.9. The number of benzene rings is 3. The molecule has 5 nitrogen and oxygen atoms in total. The molecule has 160 valence electrons. The van der Waals surface area contributed by atoms with Gasteiger partial charge in [0.1, 0.15) is 0 Å². The summed E-state index contributed by atoms with van der Waals surface area (Å²) in [5.74, 6) is 1.07. The van der Waals surface area contributed by atoms with Gasteiger partial charge in [0.05, 0.1) is 16.6 Å². The molecule has 0 atom stereocenters. The number of aromatic nitrogens is 4. The van der Waals surface area contributed by atoms with Crippen LogP contribution in [0.5, 0.6) is 0 Å². The van der Waals surface area contributed by atoms with E-state index in [-0.39, 0.29) is 5.56 Å². The molecule has 32 heavy (non-hydrogen) atoms. The van der Waals surface area contributed by atoms with Crippen LogP contribution in [0, 0.1) is 0 Å². The lowest BCUT2D eigenvalue weighted by atomic mass is 10.1. The fourth-order valence-electron chi connectivity index (χ4n) is 3.67.